The summed E-state index contributed by atoms with van der Waals surface area (Å²) in [7, 11) is 3.34. The van der Waals surface area contributed by atoms with Crippen LogP contribution in [0.25, 0.3) is 0 Å². The first kappa shape index (κ1) is 133. The molecule has 0 radical (unpaired) electrons. The van der Waals surface area contributed by atoms with Gasteiger partial charge >= 0.3 is 0 Å². The van der Waals surface area contributed by atoms with Gasteiger partial charge in [-0.05, 0) is 24.5 Å². The van der Waals surface area contributed by atoms with E-state index in [2.05, 4.69) is 29.8 Å². The number of likely N-dealkylation sites (N-methyl/N-ethyl adjacent to an activating group) is 2. The van der Waals surface area contributed by atoms with E-state index < -0.39 is 6.10 Å². The molecule has 5 amide bonds. The second-order valence-corrected chi connectivity index (χ2v) is 37.0. The number of nitrogens with zero attached hydrogens (tertiary/aromatic N) is 2. The lowest BCUT2D eigenvalue weighted by atomic mass is 9.90. The number of carbonyl (C=O) groups excluding carboxylic acids is 18. The Labute approximate surface area is 730 Å². The third-order valence-corrected chi connectivity index (χ3v) is 17.5. The van der Waals surface area contributed by atoms with Crippen LogP contribution in [0.15, 0.2) is 12.2 Å². The van der Waals surface area contributed by atoms with Gasteiger partial charge < -0.3 is 30.9 Å². The molecule has 0 bridgehead atoms. The van der Waals surface area contributed by atoms with Crippen molar-refractivity contribution in [2.45, 2.75) is 329 Å². The maximum absolute atomic E-state index is 11.4. The second-order valence-electron chi connectivity index (χ2n) is 37.0. The van der Waals surface area contributed by atoms with Gasteiger partial charge in [-0.25, -0.2) is 0 Å². The van der Waals surface area contributed by atoms with Crippen LogP contribution in [0.1, 0.15) is 322 Å². The molecule has 0 aromatic rings. The minimum Gasteiger partial charge on any atom is -0.385 e. The summed E-state index contributed by atoms with van der Waals surface area (Å²) in [5, 5.41) is 17.2. The minimum atomic E-state index is -1.12. The molecule has 120 heavy (non-hydrogen) atoms. The Kier molecular flexibility index (Phi) is 83.9. The van der Waals surface area contributed by atoms with E-state index in [1.807, 2.05) is 215 Å². The molecule has 0 aromatic heterocycles. The summed E-state index contributed by atoms with van der Waals surface area (Å²) < 4.78 is 0. The van der Waals surface area contributed by atoms with Gasteiger partial charge in [-0.15, -0.1) is 0 Å². The lowest BCUT2D eigenvalue weighted by Crippen LogP contribution is -2.36. The third-order valence-electron chi connectivity index (χ3n) is 17.5. The van der Waals surface area contributed by atoms with E-state index in [1.54, 1.807) is 69.5 Å². The standard InChI is InChI=1S/C11H20O2.3C10H19NO2.C10H18O3.C10H16O2.C10H20O.2C9H17NO2.C7H14O/c1-7(2)10(12)6-9(5)11(13)8(3)4;2*1-7(2)9(12)6-11(5)10(13)8(3)4;1-7(2)9(12)5-6-11-10(13)8(3)4;1-6(2)8(11)5-9(12)10(13)7(3)4;1-7(2)9(11)5-6-10(12)8(3)4;1-8(2)6-5-7-10(11)9(3)4;2*1-6(2)8(11)5-10-9(12)7(3)4;1-5(2)7(8)6(3)4/h7-9H,6H2,1-5H3;2*7-8H,6H2,1-5H3;7-8H,5-6H2,1-4H3,(H,11,13);6-7,9,12H,5H2,1-4H3;5-8H,1-4H3;8-9H,5-7H2,1-4H3;2*6-7H,5H2,1-4H3,(H,10,12);5-6H,1-4H3/b;;;;;6-5+;;;;. The predicted octanol–water partition coefficient (Wildman–Crippen LogP) is 16.5. The lowest BCUT2D eigenvalue weighted by molar-refractivity contribution is -0.137. The summed E-state index contributed by atoms with van der Waals surface area (Å²) in [5.41, 5.74) is 0. The largest absolute Gasteiger partial charge is 0.385 e. The molecule has 0 fully saturated rings. The van der Waals surface area contributed by atoms with E-state index in [0.29, 0.717) is 31.0 Å². The van der Waals surface area contributed by atoms with Crippen molar-refractivity contribution in [1.29, 1.82) is 0 Å². The van der Waals surface area contributed by atoms with Crippen molar-refractivity contribution in [3.8, 4) is 0 Å². The number of aliphatic hydroxyl groups excluding tert-OH is 1. The van der Waals surface area contributed by atoms with Gasteiger partial charge in [0, 0.05) is 165 Å². The Hall–Kier alpha value is -7.24. The Morgan fingerprint density at radius 3 is 0.750 bits per heavy atom. The smallest absolute Gasteiger partial charge is 0.225 e. The molecule has 0 aliphatic rings. The van der Waals surface area contributed by atoms with E-state index >= 15 is 0 Å². The van der Waals surface area contributed by atoms with Crippen LogP contribution in [0.4, 0.5) is 0 Å². The van der Waals surface area contributed by atoms with Crippen molar-refractivity contribution in [1.82, 2.24) is 25.8 Å². The monoisotopic (exact) mass is 1710 g/mol. The van der Waals surface area contributed by atoms with Crippen LogP contribution in [0.3, 0.4) is 0 Å². The SMILES string of the molecule is CC(C)C(=O)/C=C/C(=O)C(C)C.CC(C)C(=O)C(C)C.CC(C)C(=O)CC(C)C(=O)C(C)C.CC(C)C(=O)CC(O)C(=O)C(C)C.CC(C)C(=O)CCNC(=O)C(C)C.CC(C)C(=O)CN(C)C(=O)C(C)C.CC(C)C(=O)CN(C)C(=O)C(C)C.CC(C)C(=O)CNC(=O)C(C)C.CC(C)C(=O)CNC(=O)C(C)C.CC(C)CCCC(=O)C(C)C. The molecule has 0 rings (SSSR count). The van der Waals surface area contributed by atoms with E-state index in [1.165, 1.54) is 28.4 Å². The number of hydrogen-bond donors (Lipinski definition) is 4. The fourth-order valence-corrected chi connectivity index (χ4v) is 8.14. The van der Waals surface area contributed by atoms with Crippen molar-refractivity contribution in [2.24, 2.45) is 124 Å². The molecule has 0 aliphatic heterocycles. The number of Topliss-reactive ketones (excluding diaryl/α,β-unsaturated/α-hetero) is 11. The van der Waals surface area contributed by atoms with Gasteiger partial charge in [-0.3, -0.25) is 86.3 Å². The van der Waals surface area contributed by atoms with Crippen molar-refractivity contribution < 1.29 is 91.4 Å². The predicted molar refractivity (Wildman–Crippen MR) is 488 cm³/mol. The van der Waals surface area contributed by atoms with Gasteiger partial charge in [-0.1, -0.05) is 290 Å². The molecule has 0 aromatic carbocycles. The van der Waals surface area contributed by atoms with Crippen LogP contribution in [0.2, 0.25) is 0 Å². The molecule has 0 spiro atoms. The normalized spacial score (nSPS) is 11.4. The highest BCUT2D eigenvalue weighted by molar-refractivity contribution is 6.00. The zero-order valence-electron chi connectivity index (χ0n) is 83.8. The average Bonchev–Trinajstić information content (AvgIpc) is 0.929. The van der Waals surface area contributed by atoms with Gasteiger partial charge in [0.25, 0.3) is 0 Å². The first-order valence-corrected chi connectivity index (χ1v) is 43.9. The Bertz CT molecular complexity index is 2720. The van der Waals surface area contributed by atoms with E-state index in [4.69, 9.17) is 0 Å². The molecule has 702 valence electrons. The summed E-state index contributed by atoms with van der Waals surface area (Å²) in [4.78, 5) is 204. The number of ketones is 13. The number of rotatable bonds is 42. The molecular weight excluding hydrogens is 1530 g/mol. The summed E-state index contributed by atoms with van der Waals surface area (Å²) in [5.74, 6) is 2.13. The van der Waals surface area contributed by atoms with Crippen molar-refractivity contribution in [3.63, 3.8) is 0 Å². The molecule has 4 N–H and O–H groups in total. The first-order chi connectivity index (χ1) is 54.3. The van der Waals surface area contributed by atoms with Gasteiger partial charge in [0.1, 0.15) is 40.8 Å². The molecule has 0 aliphatic carbocycles. The zero-order valence-corrected chi connectivity index (χ0v) is 83.8. The van der Waals surface area contributed by atoms with Crippen molar-refractivity contribution in [2.75, 3.05) is 46.8 Å². The maximum Gasteiger partial charge on any atom is 0.225 e. The number of nitrogens with one attached hydrogen (secondary N) is 3. The fraction of sp³-hybridized carbons (Fsp3) is 0.792. The van der Waals surface area contributed by atoms with Crippen LogP contribution < -0.4 is 16.0 Å². The zero-order chi connectivity index (χ0) is 97.6. The van der Waals surface area contributed by atoms with Crippen molar-refractivity contribution >= 4 is 105 Å². The van der Waals surface area contributed by atoms with Crippen LogP contribution in [0, 0.1) is 124 Å². The highest BCUT2D eigenvalue weighted by Gasteiger charge is 2.25. The summed E-state index contributed by atoms with van der Waals surface area (Å²) in [6.45, 7) is 77.4. The average molecular weight is 1710 g/mol. The van der Waals surface area contributed by atoms with Gasteiger partial charge in [0.2, 0.25) is 29.5 Å². The number of allylic oxidation sites excluding steroid dienone is 2. The topological polar surface area (TPSA) is 370 Å². The van der Waals surface area contributed by atoms with Crippen molar-refractivity contribution in [3.05, 3.63) is 12.2 Å². The highest BCUT2D eigenvalue weighted by atomic mass is 16.3. The molecule has 24 nitrogen and oxygen atoms in total. The van der Waals surface area contributed by atoms with Gasteiger partial charge in [0.05, 0.1) is 26.2 Å². The van der Waals surface area contributed by atoms with E-state index in [0.717, 1.165) is 18.8 Å². The molecule has 24 heteroatoms. The first-order valence-electron chi connectivity index (χ1n) is 43.9. The molecule has 0 saturated carbocycles. The molecule has 2 unspecified atom stereocenters. The molecule has 2 atom stereocenters. The van der Waals surface area contributed by atoms with Gasteiger partial charge in [0.15, 0.2) is 40.5 Å². The minimum absolute atomic E-state index is 0.00223. The van der Waals surface area contributed by atoms with Crippen LogP contribution >= 0.6 is 0 Å². The fourth-order valence-electron chi connectivity index (χ4n) is 8.14. The van der Waals surface area contributed by atoms with Crippen LogP contribution in [-0.4, -0.2) is 173 Å². The number of amides is 5. The second kappa shape index (κ2) is 75.5. The Morgan fingerprint density at radius 1 is 0.267 bits per heavy atom. The van der Waals surface area contributed by atoms with Crippen LogP contribution in [0.5, 0.6) is 0 Å². The number of hydrogen-bond acceptors (Lipinski definition) is 19. The third kappa shape index (κ3) is 81.7. The maximum atomic E-state index is 11.4. The Morgan fingerprint density at radius 2 is 0.525 bits per heavy atom. The summed E-state index contributed by atoms with van der Waals surface area (Å²) in [6, 6.07) is 0. The van der Waals surface area contributed by atoms with E-state index in [9.17, 15) is 91.4 Å². The number of carbonyl (C=O) groups is 18. The lowest BCUT2D eigenvalue weighted by Gasteiger charge is -2.19. The molecular formula is C96H179N5O19. The van der Waals surface area contributed by atoms with E-state index in [-0.39, 0.29) is 244 Å². The quantitative estimate of drug-likeness (QED) is 0.0412. The number of aliphatic hydroxyl groups is 1. The molecule has 0 saturated heterocycles. The summed E-state index contributed by atoms with van der Waals surface area (Å²) in [6.07, 6.45) is 5.43. The Balaban J connectivity index is -0.000000140. The summed E-state index contributed by atoms with van der Waals surface area (Å²) >= 11 is 0. The molecule has 0 heterocycles. The van der Waals surface area contributed by atoms with Gasteiger partial charge in [-0.2, -0.15) is 0 Å². The highest BCUT2D eigenvalue weighted by Crippen LogP contribution is 2.15. The van der Waals surface area contributed by atoms with Crippen LogP contribution in [-0.2, 0) is 86.3 Å².